The van der Waals surface area contributed by atoms with Gasteiger partial charge in [-0.05, 0) is 48.4 Å². The third-order valence-corrected chi connectivity index (χ3v) is 7.02. The van der Waals surface area contributed by atoms with Crippen molar-refractivity contribution in [3.8, 4) is 5.69 Å². The Morgan fingerprint density at radius 1 is 1.05 bits per heavy atom. The highest BCUT2D eigenvalue weighted by Gasteiger charge is 2.23. The van der Waals surface area contributed by atoms with Gasteiger partial charge in [-0.3, -0.25) is 9.36 Å². The normalized spacial score (nSPS) is 11.7. The number of benzene rings is 3. The van der Waals surface area contributed by atoms with Crippen molar-refractivity contribution < 1.29 is 9.53 Å². The number of methoxy groups -OCH3 is 1. The minimum absolute atomic E-state index is 0.154. The molecule has 0 spiro atoms. The number of anilines is 3. The third-order valence-electron chi connectivity index (χ3n) is 6.64. The highest BCUT2D eigenvalue weighted by molar-refractivity contribution is 6.35. The van der Waals surface area contributed by atoms with E-state index in [1.807, 2.05) is 67.6 Å². The zero-order valence-electron chi connectivity index (χ0n) is 22.5. The fourth-order valence-electron chi connectivity index (χ4n) is 4.53. The monoisotopic (exact) mass is 569 g/mol. The summed E-state index contributed by atoms with van der Waals surface area (Å²) in [6.45, 7) is 2.41. The SMILES string of the molecule is CC[C@H](Nc1ncnc(N)c1Cl)c1nc2cccc(NCc3ccc(C(=O)OC)cc3)c2c(=O)n1-c1ccccc1. The highest BCUT2D eigenvalue weighted by atomic mass is 35.5. The van der Waals surface area contributed by atoms with Crippen molar-refractivity contribution in [3.05, 3.63) is 111 Å². The summed E-state index contributed by atoms with van der Waals surface area (Å²) in [4.78, 5) is 39.2. The number of nitrogen functional groups attached to an aromatic ring is 1. The van der Waals surface area contributed by atoms with Crippen LogP contribution in [0.15, 0.2) is 83.9 Å². The average Bonchev–Trinajstić information content (AvgIpc) is 3.00. The molecule has 0 fully saturated rings. The van der Waals surface area contributed by atoms with E-state index in [9.17, 15) is 9.59 Å². The summed E-state index contributed by atoms with van der Waals surface area (Å²) in [5, 5.41) is 7.32. The standard InChI is InChI=1S/C30H28ClN7O3/c1-3-21(36-27-25(31)26(32)34-17-35-27)28-37-23-11-7-10-22(24(23)29(39)38(28)20-8-5-4-6-9-20)33-16-18-12-14-19(15-13-18)30(40)41-2/h4-15,17,21,33H,3,16H2,1-2H3,(H3,32,34,35,36)/t21-/m0/s1. The molecule has 2 aromatic heterocycles. The lowest BCUT2D eigenvalue weighted by Gasteiger charge is -2.23. The molecule has 208 valence electrons. The largest absolute Gasteiger partial charge is 0.465 e. The number of carbonyl (C=O) groups excluding carboxylic acids is 1. The number of rotatable bonds is 9. The lowest BCUT2D eigenvalue weighted by molar-refractivity contribution is 0.0600. The molecule has 41 heavy (non-hydrogen) atoms. The maximum atomic E-state index is 14.3. The van der Waals surface area contributed by atoms with Crippen LogP contribution in [-0.4, -0.2) is 32.6 Å². The molecule has 5 aromatic rings. The van der Waals surface area contributed by atoms with Crippen LogP contribution in [-0.2, 0) is 11.3 Å². The molecule has 0 amide bonds. The van der Waals surface area contributed by atoms with Gasteiger partial charge in [-0.1, -0.05) is 54.9 Å². The molecule has 0 unspecified atom stereocenters. The maximum absolute atomic E-state index is 14.3. The fourth-order valence-corrected chi connectivity index (χ4v) is 4.68. The van der Waals surface area contributed by atoms with Gasteiger partial charge < -0.3 is 21.1 Å². The number of aromatic nitrogens is 4. The van der Waals surface area contributed by atoms with Gasteiger partial charge in [0.2, 0.25) is 0 Å². The molecule has 0 radical (unpaired) electrons. The quantitative estimate of drug-likeness (QED) is 0.200. The Morgan fingerprint density at radius 2 is 1.80 bits per heavy atom. The minimum Gasteiger partial charge on any atom is -0.465 e. The van der Waals surface area contributed by atoms with E-state index in [0.29, 0.717) is 52.4 Å². The number of nitrogens with two attached hydrogens (primary N) is 1. The molecular weight excluding hydrogens is 542 g/mol. The number of fused-ring (bicyclic) bond motifs is 1. The number of halogens is 1. The van der Waals surface area contributed by atoms with Gasteiger partial charge in [0.25, 0.3) is 5.56 Å². The van der Waals surface area contributed by atoms with Gasteiger partial charge in [0.1, 0.15) is 23.0 Å². The number of carbonyl (C=O) groups is 1. The van der Waals surface area contributed by atoms with Gasteiger partial charge in [0.15, 0.2) is 5.82 Å². The second kappa shape index (κ2) is 12.1. The van der Waals surface area contributed by atoms with Gasteiger partial charge in [-0.25, -0.2) is 19.7 Å². The van der Waals surface area contributed by atoms with Crippen LogP contribution >= 0.6 is 11.6 Å². The molecule has 5 rings (SSSR count). The topological polar surface area (TPSA) is 137 Å². The van der Waals surface area contributed by atoms with Gasteiger partial charge >= 0.3 is 5.97 Å². The molecule has 0 saturated carbocycles. The molecule has 0 bridgehead atoms. The van der Waals surface area contributed by atoms with Crippen molar-refractivity contribution in [2.75, 3.05) is 23.5 Å². The van der Waals surface area contributed by atoms with E-state index in [-0.39, 0.29) is 16.4 Å². The molecule has 0 aliphatic rings. The lowest BCUT2D eigenvalue weighted by atomic mass is 10.1. The molecule has 4 N–H and O–H groups in total. The molecule has 0 saturated heterocycles. The number of nitrogens with one attached hydrogen (secondary N) is 2. The second-order valence-electron chi connectivity index (χ2n) is 9.21. The first kappa shape index (κ1) is 27.6. The van der Waals surface area contributed by atoms with E-state index >= 15 is 0 Å². The summed E-state index contributed by atoms with van der Waals surface area (Å²) in [5.74, 6) is 0.613. The van der Waals surface area contributed by atoms with Gasteiger partial charge in [-0.2, -0.15) is 0 Å². The van der Waals surface area contributed by atoms with E-state index in [1.54, 1.807) is 16.7 Å². The summed E-state index contributed by atoms with van der Waals surface area (Å²) >= 11 is 6.37. The first-order chi connectivity index (χ1) is 19.9. The van der Waals surface area contributed by atoms with Crippen molar-refractivity contribution in [1.82, 2.24) is 19.5 Å². The molecule has 10 nitrogen and oxygen atoms in total. The van der Waals surface area contributed by atoms with Crippen LogP contribution in [0.3, 0.4) is 0 Å². The fraction of sp³-hybridized carbons (Fsp3) is 0.167. The summed E-state index contributed by atoms with van der Waals surface area (Å²) < 4.78 is 6.38. The van der Waals surface area contributed by atoms with Crippen LogP contribution in [0.1, 0.15) is 41.1 Å². The smallest absolute Gasteiger partial charge is 0.337 e. The highest BCUT2D eigenvalue weighted by Crippen LogP contribution is 2.30. The molecule has 1 atom stereocenters. The molecule has 2 heterocycles. The van der Waals surface area contributed by atoms with Gasteiger partial charge in [0, 0.05) is 12.2 Å². The third kappa shape index (κ3) is 5.68. The number of nitrogens with zero attached hydrogens (tertiary/aromatic N) is 4. The predicted molar refractivity (Wildman–Crippen MR) is 161 cm³/mol. The van der Waals surface area contributed by atoms with Gasteiger partial charge in [-0.15, -0.1) is 0 Å². The molecule has 0 aliphatic heterocycles. The Bertz CT molecular complexity index is 1760. The van der Waals surface area contributed by atoms with Crippen molar-refractivity contribution >= 4 is 45.8 Å². The molecule has 11 heteroatoms. The minimum atomic E-state index is -0.427. The van der Waals surface area contributed by atoms with Crippen LogP contribution in [0, 0.1) is 0 Å². The van der Waals surface area contributed by atoms with Crippen molar-refractivity contribution in [2.24, 2.45) is 0 Å². The van der Waals surface area contributed by atoms with E-state index in [2.05, 4.69) is 20.6 Å². The summed E-state index contributed by atoms with van der Waals surface area (Å²) in [7, 11) is 1.35. The average molecular weight is 570 g/mol. The van der Waals surface area contributed by atoms with Crippen LogP contribution < -0.4 is 21.9 Å². The zero-order valence-corrected chi connectivity index (χ0v) is 23.2. The van der Waals surface area contributed by atoms with Crippen LogP contribution in [0.2, 0.25) is 5.02 Å². The first-order valence-electron chi connectivity index (χ1n) is 13.0. The summed E-state index contributed by atoms with van der Waals surface area (Å²) in [6, 6.07) is 21.5. The Labute approximate surface area is 241 Å². The predicted octanol–water partition coefficient (Wildman–Crippen LogP) is 5.37. The van der Waals surface area contributed by atoms with E-state index in [0.717, 1.165) is 5.56 Å². The van der Waals surface area contributed by atoms with Crippen LogP contribution in [0.5, 0.6) is 0 Å². The van der Waals surface area contributed by atoms with E-state index in [4.69, 9.17) is 27.1 Å². The Hall–Kier alpha value is -4.96. The number of hydrogen-bond donors (Lipinski definition) is 3. The first-order valence-corrected chi connectivity index (χ1v) is 13.3. The van der Waals surface area contributed by atoms with Crippen LogP contribution in [0.4, 0.5) is 17.3 Å². The number of ether oxygens (including phenoxy) is 1. The second-order valence-corrected chi connectivity index (χ2v) is 9.59. The maximum Gasteiger partial charge on any atom is 0.337 e. The zero-order chi connectivity index (χ0) is 28.9. The van der Waals surface area contributed by atoms with E-state index in [1.165, 1.54) is 13.4 Å². The van der Waals surface area contributed by atoms with Crippen molar-refractivity contribution in [1.29, 1.82) is 0 Å². The molecule has 3 aromatic carbocycles. The van der Waals surface area contributed by atoms with Crippen molar-refractivity contribution in [2.45, 2.75) is 25.9 Å². The van der Waals surface area contributed by atoms with Crippen molar-refractivity contribution in [3.63, 3.8) is 0 Å². The Kier molecular flexibility index (Phi) is 8.11. The summed E-state index contributed by atoms with van der Waals surface area (Å²) in [5.41, 5.74) is 8.91. The number of hydrogen-bond acceptors (Lipinski definition) is 9. The summed E-state index contributed by atoms with van der Waals surface area (Å²) in [6.07, 6.45) is 1.90. The lowest BCUT2D eigenvalue weighted by Crippen LogP contribution is -2.29. The Morgan fingerprint density at radius 3 is 2.51 bits per heavy atom. The number of esters is 1. The van der Waals surface area contributed by atoms with Crippen LogP contribution in [0.25, 0.3) is 16.6 Å². The number of para-hydroxylation sites is 1. The van der Waals surface area contributed by atoms with Gasteiger partial charge in [0.05, 0.1) is 35.3 Å². The molecular formula is C30H28ClN7O3. The Balaban J connectivity index is 1.58. The molecule has 0 aliphatic carbocycles. The van der Waals surface area contributed by atoms with E-state index < -0.39 is 12.0 Å².